The standard InChI is InChI=1S/C18H28N2/c1-14(19)15-9-11-20(12-10-15)13-17-7-4-6-16-5-2-3-8-18(16)17/h2-3,5,8,14-15,17H,4,6-7,9-13,19H2,1H3. The van der Waals surface area contributed by atoms with E-state index < -0.39 is 0 Å². The van der Waals surface area contributed by atoms with E-state index in [9.17, 15) is 0 Å². The number of rotatable bonds is 3. The van der Waals surface area contributed by atoms with E-state index in [1.807, 2.05) is 0 Å². The third kappa shape index (κ3) is 3.07. The highest BCUT2D eigenvalue weighted by atomic mass is 15.1. The normalized spacial score (nSPS) is 26.2. The Balaban J connectivity index is 1.60. The van der Waals surface area contributed by atoms with Gasteiger partial charge in [-0.25, -0.2) is 0 Å². The lowest BCUT2D eigenvalue weighted by Crippen LogP contribution is -2.41. The number of benzene rings is 1. The van der Waals surface area contributed by atoms with Crippen molar-refractivity contribution < 1.29 is 0 Å². The molecule has 1 fully saturated rings. The molecule has 2 aliphatic rings. The molecule has 1 aromatic rings. The van der Waals surface area contributed by atoms with Gasteiger partial charge in [-0.3, -0.25) is 0 Å². The summed E-state index contributed by atoms with van der Waals surface area (Å²) in [6, 6.07) is 9.44. The van der Waals surface area contributed by atoms with Crippen LogP contribution in [0.1, 0.15) is 49.7 Å². The first kappa shape index (κ1) is 14.1. The Morgan fingerprint density at radius 1 is 1.20 bits per heavy atom. The van der Waals surface area contributed by atoms with Crippen molar-refractivity contribution in [1.82, 2.24) is 4.90 Å². The minimum atomic E-state index is 0.368. The predicted molar refractivity (Wildman–Crippen MR) is 84.9 cm³/mol. The third-order valence-corrected chi connectivity index (χ3v) is 5.35. The average Bonchev–Trinajstić information content (AvgIpc) is 2.48. The van der Waals surface area contributed by atoms with Gasteiger partial charge in [0.05, 0.1) is 0 Å². The second-order valence-electron chi connectivity index (χ2n) is 6.79. The zero-order chi connectivity index (χ0) is 13.9. The van der Waals surface area contributed by atoms with Gasteiger partial charge in [0.1, 0.15) is 0 Å². The summed E-state index contributed by atoms with van der Waals surface area (Å²) in [4.78, 5) is 2.67. The molecular formula is C18H28N2. The fraction of sp³-hybridized carbons (Fsp3) is 0.667. The van der Waals surface area contributed by atoms with Gasteiger partial charge < -0.3 is 10.6 Å². The lowest BCUT2D eigenvalue weighted by atomic mass is 9.82. The summed E-state index contributed by atoms with van der Waals surface area (Å²) in [6.07, 6.45) is 6.57. The highest BCUT2D eigenvalue weighted by Gasteiger charge is 2.26. The number of likely N-dealkylation sites (tertiary alicyclic amines) is 1. The van der Waals surface area contributed by atoms with E-state index in [1.165, 1.54) is 51.7 Å². The van der Waals surface area contributed by atoms with Crippen LogP contribution in [0, 0.1) is 5.92 Å². The molecule has 1 heterocycles. The van der Waals surface area contributed by atoms with Crippen LogP contribution < -0.4 is 5.73 Å². The highest BCUT2D eigenvalue weighted by molar-refractivity contribution is 5.32. The van der Waals surface area contributed by atoms with Crippen molar-refractivity contribution in [2.24, 2.45) is 11.7 Å². The SMILES string of the molecule is CC(N)C1CCN(CC2CCCc3ccccc32)CC1. The van der Waals surface area contributed by atoms with Gasteiger partial charge in [0.15, 0.2) is 0 Å². The number of piperidine rings is 1. The van der Waals surface area contributed by atoms with Crippen LogP contribution >= 0.6 is 0 Å². The molecule has 20 heavy (non-hydrogen) atoms. The fourth-order valence-electron chi connectivity index (χ4n) is 4.02. The van der Waals surface area contributed by atoms with Crippen molar-refractivity contribution in [2.45, 2.75) is 51.0 Å². The van der Waals surface area contributed by atoms with Gasteiger partial charge in [0.2, 0.25) is 0 Å². The maximum absolute atomic E-state index is 6.04. The van der Waals surface area contributed by atoms with Crippen molar-refractivity contribution in [3.8, 4) is 0 Å². The molecule has 0 bridgehead atoms. The molecule has 2 heteroatoms. The smallest absolute Gasteiger partial charge is 0.00504 e. The van der Waals surface area contributed by atoms with Crippen molar-refractivity contribution >= 4 is 0 Å². The summed E-state index contributed by atoms with van der Waals surface area (Å²) in [6.45, 7) is 5.90. The molecule has 0 spiro atoms. The van der Waals surface area contributed by atoms with Crippen LogP contribution in [0.4, 0.5) is 0 Å². The molecule has 2 nitrogen and oxygen atoms in total. The molecule has 2 atom stereocenters. The minimum Gasteiger partial charge on any atom is -0.328 e. The van der Waals surface area contributed by atoms with Crippen molar-refractivity contribution in [3.05, 3.63) is 35.4 Å². The molecule has 0 saturated carbocycles. The van der Waals surface area contributed by atoms with Gasteiger partial charge in [-0.1, -0.05) is 24.3 Å². The maximum atomic E-state index is 6.04. The average molecular weight is 272 g/mol. The van der Waals surface area contributed by atoms with Gasteiger partial charge in [-0.2, -0.15) is 0 Å². The molecule has 2 unspecified atom stereocenters. The maximum Gasteiger partial charge on any atom is 0.00504 e. The first-order valence-corrected chi connectivity index (χ1v) is 8.30. The quantitative estimate of drug-likeness (QED) is 0.916. The molecule has 1 saturated heterocycles. The highest BCUT2D eigenvalue weighted by Crippen LogP contribution is 2.33. The number of hydrogen-bond acceptors (Lipinski definition) is 2. The Labute approximate surface area is 123 Å². The van der Waals surface area contributed by atoms with Crippen LogP contribution in [0.25, 0.3) is 0 Å². The number of fused-ring (bicyclic) bond motifs is 1. The molecule has 0 amide bonds. The molecule has 110 valence electrons. The summed E-state index contributed by atoms with van der Waals surface area (Å²) in [5.41, 5.74) is 9.25. The van der Waals surface area contributed by atoms with Crippen LogP contribution in [-0.4, -0.2) is 30.6 Å². The molecule has 3 rings (SSSR count). The van der Waals surface area contributed by atoms with E-state index in [4.69, 9.17) is 5.73 Å². The Hall–Kier alpha value is -0.860. The predicted octanol–water partition coefficient (Wildman–Crippen LogP) is 3.17. The summed E-state index contributed by atoms with van der Waals surface area (Å²) in [5, 5.41) is 0. The number of hydrogen-bond donors (Lipinski definition) is 1. The van der Waals surface area contributed by atoms with Gasteiger partial charge in [0, 0.05) is 12.6 Å². The molecule has 0 aromatic heterocycles. The van der Waals surface area contributed by atoms with Gasteiger partial charge in [-0.05, 0) is 75.1 Å². The number of nitrogens with two attached hydrogens (primary N) is 1. The first-order chi connectivity index (χ1) is 9.74. The Kier molecular flexibility index (Phi) is 4.42. The Morgan fingerprint density at radius 2 is 1.95 bits per heavy atom. The van der Waals surface area contributed by atoms with Gasteiger partial charge in [0.25, 0.3) is 0 Å². The largest absolute Gasteiger partial charge is 0.328 e. The van der Waals surface area contributed by atoms with E-state index in [2.05, 4.69) is 36.1 Å². The Bertz CT molecular complexity index is 433. The second kappa shape index (κ2) is 6.28. The van der Waals surface area contributed by atoms with Crippen molar-refractivity contribution in [3.63, 3.8) is 0 Å². The van der Waals surface area contributed by atoms with E-state index in [-0.39, 0.29) is 0 Å². The van der Waals surface area contributed by atoms with Gasteiger partial charge in [-0.15, -0.1) is 0 Å². The van der Waals surface area contributed by atoms with E-state index in [0.717, 1.165) is 11.8 Å². The lowest BCUT2D eigenvalue weighted by molar-refractivity contribution is 0.160. The van der Waals surface area contributed by atoms with E-state index in [0.29, 0.717) is 6.04 Å². The van der Waals surface area contributed by atoms with Crippen LogP contribution in [0.3, 0.4) is 0 Å². The van der Waals surface area contributed by atoms with Crippen LogP contribution in [0.2, 0.25) is 0 Å². The zero-order valence-corrected chi connectivity index (χ0v) is 12.7. The number of nitrogens with zero attached hydrogens (tertiary/aromatic N) is 1. The second-order valence-corrected chi connectivity index (χ2v) is 6.79. The van der Waals surface area contributed by atoms with Crippen molar-refractivity contribution in [2.75, 3.05) is 19.6 Å². The molecule has 2 N–H and O–H groups in total. The summed E-state index contributed by atoms with van der Waals surface area (Å²) >= 11 is 0. The zero-order valence-electron chi connectivity index (χ0n) is 12.7. The monoisotopic (exact) mass is 272 g/mol. The van der Waals surface area contributed by atoms with Crippen LogP contribution in [-0.2, 0) is 6.42 Å². The fourth-order valence-corrected chi connectivity index (χ4v) is 4.02. The topological polar surface area (TPSA) is 29.3 Å². The van der Waals surface area contributed by atoms with Crippen molar-refractivity contribution in [1.29, 1.82) is 0 Å². The summed E-state index contributed by atoms with van der Waals surface area (Å²) in [7, 11) is 0. The van der Waals surface area contributed by atoms with Gasteiger partial charge >= 0.3 is 0 Å². The lowest BCUT2D eigenvalue weighted by Gasteiger charge is -2.37. The summed E-state index contributed by atoms with van der Waals surface area (Å²) < 4.78 is 0. The molecule has 0 radical (unpaired) electrons. The number of aryl methyl sites for hydroxylation is 1. The third-order valence-electron chi connectivity index (χ3n) is 5.35. The van der Waals surface area contributed by atoms with E-state index >= 15 is 0 Å². The molecular weight excluding hydrogens is 244 g/mol. The first-order valence-electron chi connectivity index (χ1n) is 8.30. The van der Waals surface area contributed by atoms with Crippen LogP contribution in [0.15, 0.2) is 24.3 Å². The summed E-state index contributed by atoms with van der Waals surface area (Å²) in [5.74, 6) is 1.50. The molecule has 1 aliphatic carbocycles. The molecule has 1 aromatic carbocycles. The van der Waals surface area contributed by atoms with Crippen LogP contribution in [0.5, 0.6) is 0 Å². The molecule has 1 aliphatic heterocycles. The minimum absolute atomic E-state index is 0.368. The van der Waals surface area contributed by atoms with E-state index in [1.54, 1.807) is 11.1 Å². The Morgan fingerprint density at radius 3 is 2.70 bits per heavy atom.